The van der Waals surface area contributed by atoms with Crippen molar-refractivity contribution in [3.63, 3.8) is 0 Å². The van der Waals surface area contributed by atoms with E-state index in [0.717, 1.165) is 22.8 Å². The van der Waals surface area contributed by atoms with Crippen LogP contribution in [0.3, 0.4) is 0 Å². The molecule has 2 rings (SSSR count). The Balaban J connectivity index is 3.06. The van der Waals surface area contributed by atoms with Gasteiger partial charge in [0.05, 0.1) is 11.8 Å². The second kappa shape index (κ2) is 3.50. The van der Waals surface area contributed by atoms with Crippen LogP contribution in [-0.4, -0.2) is 23.8 Å². The van der Waals surface area contributed by atoms with Crippen molar-refractivity contribution in [3.05, 3.63) is 29.0 Å². The Labute approximate surface area is 101 Å². The predicted molar refractivity (Wildman–Crippen MR) is 68.1 cm³/mol. The predicted octanol–water partition coefficient (Wildman–Crippen LogP) is 2.08. The lowest BCUT2D eigenvalue weighted by molar-refractivity contribution is 0.467. The topological polar surface area (TPSA) is 59.3 Å². The molecule has 0 radical (unpaired) electrons. The molecule has 5 heteroatoms. The SMILES string of the molecule is Cc1c(O)c(C)c2c(ccn2S(C)(=O)=O)c1C. The van der Waals surface area contributed by atoms with Crippen molar-refractivity contribution in [1.82, 2.24) is 3.97 Å². The summed E-state index contributed by atoms with van der Waals surface area (Å²) < 4.78 is 24.5. The van der Waals surface area contributed by atoms with Crippen molar-refractivity contribution in [1.29, 1.82) is 0 Å². The fourth-order valence-electron chi connectivity index (χ4n) is 2.13. The lowest BCUT2D eigenvalue weighted by Gasteiger charge is -2.11. The number of benzene rings is 1. The molecule has 2 aromatic rings. The molecule has 1 N–H and O–H groups in total. The maximum Gasteiger partial charge on any atom is 0.236 e. The Kier molecular flexibility index (Phi) is 2.47. The Morgan fingerprint density at radius 1 is 1.12 bits per heavy atom. The van der Waals surface area contributed by atoms with Gasteiger partial charge in [0.1, 0.15) is 5.75 Å². The smallest absolute Gasteiger partial charge is 0.236 e. The summed E-state index contributed by atoms with van der Waals surface area (Å²) in [6.45, 7) is 5.43. The zero-order valence-electron chi connectivity index (χ0n) is 10.3. The van der Waals surface area contributed by atoms with E-state index in [2.05, 4.69) is 0 Å². The molecule has 4 nitrogen and oxygen atoms in total. The Morgan fingerprint density at radius 3 is 2.24 bits per heavy atom. The fraction of sp³-hybridized carbons (Fsp3) is 0.333. The number of hydrogen-bond acceptors (Lipinski definition) is 3. The standard InChI is InChI=1S/C12H15NO3S/c1-7-8(2)12(14)9(3)11-10(7)5-6-13(11)17(4,15)16/h5-6,14H,1-4H3. The van der Waals surface area contributed by atoms with E-state index in [0.29, 0.717) is 11.1 Å². The van der Waals surface area contributed by atoms with Gasteiger partial charge in [-0.25, -0.2) is 12.4 Å². The summed E-state index contributed by atoms with van der Waals surface area (Å²) in [4.78, 5) is 0. The van der Waals surface area contributed by atoms with Gasteiger partial charge in [-0.15, -0.1) is 0 Å². The molecule has 0 spiro atoms. The Hall–Kier alpha value is -1.49. The van der Waals surface area contributed by atoms with Gasteiger partial charge in [-0.2, -0.15) is 0 Å². The molecular weight excluding hydrogens is 238 g/mol. The molecule has 0 aliphatic carbocycles. The summed E-state index contributed by atoms with van der Waals surface area (Å²) in [6, 6.07) is 1.77. The minimum Gasteiger partial charge on any atom is -0.507 e. The van der Waals surface area contributed by atoms with Crippen LogP contribution in [-0.2, 0) is 10.0 Å². The molecule has 92 valence electrons. The molecule has 0 atom stereocenters. The molecule has 1 aromatic carbocycles. The van der Waals surface area contributed by atoms with E-state index in [1.54, 1.807) is 13.0 Å². The highest BCUT2D eigenvalue weighted by atomic mass is 32.2. The second-order valence-electron chi connectivity index (χ2n) is 4.36. The average Bonchev–Trinajstić information content (AvgIpc) is 2.67. The zero-order chi connectivity index (χ0) is 13.0. The molecule has 0 aliphatic heterocycles. The summed E-state index contributed by atoms with van der Waals surface area (Å²) in [5.41, 5.74) is 2.86. The van der Waals surface area contributed by atoms with Crippen LogP contribution in [0.4, 0.5) is 0 Å². The number of nitrogens with zero attached hydrogens (tertiary/aromatic N) is 1. The van der Waals surface area contributed by atoms with E-state index >= 15 is 0 Å². The summed E-state index contributed by atoms with van der Waals surface area (Å²) in [7, 11) is -3.35. The van der Waals surface area contributed by atoms with Crippen LogP contribution in [0.5, 0.6) is 5.75 Å². The van der Waals surface area contributed by atoms with Gasteiger partial charge < -0.3 is 5.11 Å². The van der Waals surface area contributed by atoms with E-state index in [1.165, 1.54) is 10.2 Å². The third kappa shape index (κ3) is 1.61. The number of fused-ring (bicyclic) bond motifs is 1. The van der Waals surface area contributed by atoms with Crippen LogP contribution in [0, 0.1) is 20.8 Å². The van der Waals surface area contributed by atoms with Crippen LogP contribution >= 0.6 is 0 Å². The quantitative estimate of drug-likeness (QED) is 0.846. The van der Waals surface area contributed by atoms with Gasteiger partial charge in [0.15, 0.2) is 0 Å². The molecule has 0 aliphatic rings. The molecule has 0 saturated heterocycles. The molecule has 0 amide bonds. The maximum absolute atomic E-state index is 11.6. The van der Waals surface area contributed by atoms with Crippen molar-refractivity contribution in [2.45, 2.75) is 20.8 Å². The highest BCUT2D eigenvalue weighted by Gasteiger charge is 2.17. The van der Waals surface area contributed by atoms with E-state index in [-0.39, 0.29) is 5.75 Å². The van der Waals surface area contributed by atoms with Crippen LogP contribution < -0.4 is 0 Å². The van der Waals surface area contributed by atoms with Gasteiger partial charge in [0, 0.05) is 17.1 Å². The van der Waals surface area contributed by atoms with E-state index in [9.17, 15) is 13.5 Å². The normalized spacial score (nSPS) is 12.2. The third-order valence-electron chi connectivity index (χ3n) is 3.24. The zero-order valence-corrected chi connectivity index (χ0v) is 11.1. The van der Waals surface area contributed by atoms with E-state index in [1.807, 2.05) is 13.8 Å². The lowest BCUT2D eigenvalue weighted by Crippen LogP contribution is -2.09. The van der Waals surface area contributed by atoms with Gasteiger partial charge in [0.2, 0.25) is 10.0 Å². The molecule has 0 fully saturated rings. The number of aryl methyl sites for hydroxylation is 2. The Morgan fingerprint density at radius 2 is 1.71 bits per heavy atom. The monoisotopic (exact) mass is 253 g/mol. The average molecular weight is 253 g/mol. The van der Waals surface area contributed by atoms with Gasteiger partial charge in [-0.3, -0.25) is 0 Å². The van der Waals surface area contributed by atoms with Gasteiger partial charge >= 0.3 is 0 Å². The molecule has 0 bridgehead atoms. The number of hydrogen-bond donors (Lipinski definition) is 1. The number of aromatic hydroxyl groups is 1. The van der Waals surface area contributed by atoms with E-state index in [4.69, 9.17) is 0 Å². The maximum atomic E-state index is 11.6. The molecule has 1 heterocycles. The minimum atomic E-state index is -3.35. The molecule has 0 saturated carbocycles. The number of rotatable bonds is 1. The van der Waals surface area contributed by atoms with Crippen LogP contribution in [0.2, 0.25) is 0 Å². The molecule has 1 aromatic heterocycles. The largest absolute Gasteiger partial charge is 0.507 e. The highest BCUT2D eigenvalue weighted by Crippen LogP contribution is 2.34. The van der Waals surface area contributed by atoms with Crippen LogP contribution in [0.1, 0.15) is 16.7 Å². The van der Waals surface area contributed by atoms with Crippen molar-refractivity contribution in [2.75, 3.05) is 6.26 Å². The number of phenolic OH excluding ortho intramolecular Hbond substituents is 1. The van der Waals surface area contributed by atoms with Crippen molar-refractivity contribution >= 4 is 20.9 Å². The van der Waals surface area contributed by atoms with Crippen molar-refractivity contribution < 1.29 is 13.5 Å². The van der Waals surface area contributed by atoms with Crippen LogP contribution in [0.15, 0.2) is 12.3 Å². The summed E-state index contributed by atoms with van der Waals surface area (Å²) >= 11 is 0. The molecule has 17 heavy (non-hydrogen) atoms. The van der Waals surface area contributed by atoms with Crippen LogP contribution in [0.25, 0.3) is 10.9 Å². The summed E-state index contributed by atoms with van der Waals surface area (Å²) in [5.74, 6) is 0.165. The third-order valence-corrected chi connectivity index (χ3v) is 4.26. The summed E-state index contributed by atoms with van der Waals surface area (Å²) in [5, 5.41) is 10.8. The second-order valence-corrected chi connectivity index (χ2v) is 6.22. The first-order valence-corrected chi connectivity index (χ1v) is 7.10. The lowest BCUT2D eigenvalue weighted by atomic mass is 10.0. The highest BCUT2D eigenvalue weighted by molar-refractivity contribution is 7.89. The van der Waals surface area contributed by atoms with Gasteiger partial charge in [-0.1, -0.05) is 0 Å². The van der Waals surface area contributed by atoms with Gasteiger partial charge in [0.25, 0.3) is 0 Å². The van der Waals surface area contributed by atoms with Crippen molar-refractivity contribution in [3.8, 4) is 5.75 Å². The fourth-order valence-corrected chi connectivity index (χ4v) is 2.98. The molecular formula is C12H15NO3S. The molecule has 0 unspecified atom stereocenters. The number of aromatic nitrogens is 1. The van der Waals surface area contributed by atoms with Gasteiger partial charge in [-0.05, 0) is 38.0 Å². The van der Waals surface area contributed by atoms with Crippen molar-refractivity contribution in [2.24, 2.45) is 0 Å². The first-order valence-electron chi connectivity index (χ1n) is 5.25. The summed E-state index contributed by atoms with van der Waals surface area (Å²) in [6.07, 6.45) is 2.68. The Bertz CT molecular complexity index is 711. The number of phenols is 1. The first-order chi connectivity index (χ1) is 7.75. The first kappa shape index (κ1) is 12.0. The minimum absolute atomic E-state index is 0.165. The van der Waals surface area contributed by atoms with E-state index < -0.39 is 10.0 Å².